The van der Waals surface area contributed by atoms with Crippen molar-refractivity contribution in [2.24, 2.45) is 5.84 Å². The number of aryl methyl sites for hydroxylation is 1. The van der Waals surface area contributed by atoms with Gasteiger partial charge in [0.15, 0.2) is 0 Å². The molecule has 0 aliphatic rings. The maximum atomic E-state index is 11.4. The number of hydrazine groups is 1. The van der Waals surface area contributed by atoms with Crippen LogP contribution in [-0.4, -0.2) is 24.9 Å². The summed E-state index contributed by atoms with van der Waals surface area (Å²) in [4.78, 5) is 4.25. The predicted octanol–water partition coefficient (Wildman–Crippen LogP) is 1.11. The summed E-state index contributed by atoms with van der Waals surface area (Å²) in [6, 6.07) is 3.77. The van der Waals surface area contributed by atoms with E-state index in [1.165, 1.54) is 0 Å². The van der Waals surface area contributed by atoms with Gasteiger partial charge >= 0.3 is 0 Å². The first-order valence-electron chi connectivity index (χ1n) is 6.07. The minimum atomic E-state index is -2.90. The fourth-order valence-corrected chi connectivity index (χ4v) is 2.61. The van der Waals surface area contributed by atoms with E-state index in [4.69, 9.17) is 5.84 Å². The van der Waals surface area contributed by atoms with Crippen LogP contribution in [0.4, 0.5) is 0 Å². The lowest BCUT2D eigenvalue weighted by molar-refractivity contribution is 0.496. The van der Waals surface area contributed by atoms with Crippen LogP contribution in [0.3, 0.4) is 0 Å². The highest BCUT2D eigenvalue weighted by molar-refractivity contribution is 7.91. The Balaban J connectivity index is 2.58. The highest BCUT2D eigenvalue weighted by atomic mass is 32.2. The van der Waals surface area contributed by atoms with Crippen LogP contribution in [0.25, 0.3) is 0 Å². The Morgan fingerprint density at radius 1 is 1.50 bits per heavy atom. The molecule has 0 aliphatic heterocycles. The van der Waals surface area contributed by atoms with Crippen LogP contribution in [0.2, 0.25) is 0 Å². The van der Waals surface area contributed by atoms with Gasteiger partial charge in [0.05, 0.1) is 17.5 Å². The van der Waals surface area contributed by atoms with Crippen LogP contribution in [0.1, 0.15) is 37.1 Å². The number of pyridine rings is 1. The molecule has 0 aromatic carbocycles. The molecule has 3 N–H and O–H groups in total. The lowest BCUT2D eigenvalue weighted by Crippen LogP contribution is -2.29. The molecule has 0 aliphatic carbocycles. The van der Waals surface area contributed by atoms with Gasteiger partial charge in [-0.2, -0.15) is 0 Å². The maximum Gasteiger partial charge on any atom is 0.150 e. The van der Waals surface area contributed by atoms with Gasteiger partial charge in [-0.25, -0.2) is 8.42 Å². The summed E-state index contributed by atoms with van der Waals surface area (Å²) in [7, 11) is -2.90. The third-order valence-corrected chi connectivity index (χ3v) is 4.67. The molecule has 0 saturated heterocycles. The van der Waals surface area contributed by atoms with Gasteiger partial charge < -0.3 is 0 Å². The average molecular weight is 271 g/mol. The van der Waals surface area contributed by atoms with Crippen molar-refractivity contribution in [2.45, 2.75) is 32.7 Å². The summed E-state index contributed by atoms with van der Waals surface area (Å²) in [5.41, 5.74) is 4.66. The third kappa shape index (κ3) is 4.72. The van der Waals surface area contributed by atoms with Crippen LogP contribution in [0, 0.1) is 6.92 Å². The number of nitrogens with two attached hydrogens (primary N) is 1. The normalized spacial score (nSPS) is 13.5. The van der Waals surface area contributed by atoms with Crippen molar-refractivity contribution >= 4 is 9.84 Å². The summed E-state index contributed by atoms with van der Waals surface area (Å²) in [5, 5.41) is 0. The maximum absolute atomic E-state index is 11.4. The van der Waals surface area contributed by atoms with Crippen molar-refractivity contribution in [3.05, 3.63) is 29.6 Å². The van der Waals surface area contributed by atoms with E-state index in [1.807, 2.05) is 19.1 Å². The Morgan fingerprint density at radius 2 is 2.22 bits per heavy atom. The van der Waals surface area contributed by atoms with Crippen molar-refractivity contribution in [1.82, 2.24) is 10.4 Å². The number of nitrogens with one attached hydrogen (secondary N) is 1. The first kappa shape index (κ1) is 15.1. The van der Waals surface area contributed by atoms with E-state index < -0.39 is 9.84 Å². The molecule has 0 amide bonds. The molecule has 5 nitrogen and oxygen atoms in total. The van der Waals surface area contributed by atoms with Crippen LogP contribution in [0.15, 0.2) is 18.3 Å². The minimum Gasteiger partial charge on any atom is -0.271 e. The molecular weight excluding hydrogens is 250 g/mol. The Morgan fingerprint density at radius 3 is 2.78 bits per heavy atom. The van der Waals surface area contributed by atoms with Crippen molar-refractivity contribution < 1.29 is 8.42 Å². The molecule has 0 spiro atoms. The molecule has 1 unspecified atom stereocenters. The first-order valence-corrected chi connectivity index (χ1v) is 7.89. The largest absolute Gasteiger partial charge is 0.271 e. The van der Waals surface area contributed by atoms with Crippen LogP contribution < -0.4 is 11.3 Å². The number of rotatable bonds is 7. The predicted molar refractivity (Wildman–Crippen MR) is 72.6 cm³/mol. The quantitative estimate of drug-likeness (QED) is 0.573. The number of aromatic nitrogens is 1. The number of hydrogen-bond acceptors (Lipinski definition) is 5. The molecular formula is C12H21N3O2S. The van der Waals surface area contributed by atoms with Crippen molar-refractivity contribution in [2.75, 3.05) is 11.5 Å². The molecule has 0 fully saturated rings. The lowest BCUT2D eigenvalue weighted by Gasteiger charge is -2.15. The van der Waals surface area contributed by atoms with Gasteiger partial charge in [-0.05, 0) is 37.5 Å². The first-order chi connectivity index (χ1) is 8.48. The Bertz CT molecular complexity index is 474. The zero-order chi connectivity index (χ0) is 13.6. The van der Waals surface area contributed by atoms with Crippen LogP contribution >= 0.6 is 0 Å². The van der Waals surface area contributed by atoms with Gasteiger partial charge in [-0.1, -0.05) is 6.92 Å². The van der Waals surface area contributed by atoms with Crippen molar-refractivity contribution in [3.63, 3.8) is 0 Å². The van der Waals surface area contributed by atoms with E-state index in [-0.39, 0.29) is 17.5 Å². The minimum absolute atomic E-state index is 0.100. The van der Waals surface area contributed by atoms with E-state index >= 15 is 0 Å². The molecule has 1 atom stereocenters. The molecule has 18 heavy (non-hydrogen) atoms. The second kappa shape index (κ2) is 6.82. The number of nitrogens with zero attached hydrogens (tertiary/aromatic N) is 1. The molecule has 0 saturated carbocycles. The summed E-state index contributed by atoms with van der Waals surface area (Å²) >= 11 is 0. The van der Waals surface area contributed by atoms with Gasteiger partial charge in [0.2, 0.25) is 0 Å². The van der Waals surface area contributed by atoms with E-state index in [1.54, 1.807) is 13.1 Å². The van der Waals surface area contributed by atoms with E-state index in [0.29, 0.717) is 12.8 Å². The second-order valence-corrected chi connectivity index (χ2v) is 6.83. The van der Waals surface area contributed by atoms with Gasteiger partial charge in [0, 0.05) is 11.9 Å². The molecule has 102 valence electrons. The zero-order valence-corrected chi connectivity index (χ0v) is 11.7. The standard InChI is InChI=1S/C12H21N3O2S/c1-3-18(16,17)8-4-5-11(15-13)12-9-10(2)6-7-14-12/h6-7,9,11,15H,3-5,8,13H2,1-2H3. The third-order valence-electron chi connectivity index (χ3n) is 2.88. The molecule has 1 rings (SSSR count). The van der Waals surface area contributed by atoms with Gasteiger partial charge in [-0.3, -0.25) is 16.3 Å². The summed E-state index contributed by atoms with van der Waals surface area (Å²) in [6.07, 6.45) is 2.98. The van der Waals surface area contributed by atoms with E-state index in [0.717, 1.165) is 11.3 Å². The van der Waals surface area contributed by atoms with Crippen molar-refractivity contribution in [1.29, 1.82) is 0 Å². The fraction of sp³-hybridized carbons (Fsp3) is 0.583. The Kier molecular flexibility index (Phi) is 5.71. The van der Waals surface area contributed by atoms with E-state index in [9.17, 15) is 8.42 Å². The fourth-order valence-electron chi connectivity index (χ4n) is 1.72. The topological polar surface area (TPSA) is 85.1 Å². The van der Waals surface area contributed by atoms with Crippen LogP contribution in [0.5, 0.6) is 0 Å². The molecule has 1 heterocycles. The summed E-state index contributed by atoms with van der Waals surface area (Å²) in [5.74, 6) is 5.89. The molecule has 0 bridgehead atoms. The Hall–Kier alpha value is -0.980. The SMILES string of the molecule is CCS(=O)(=O)CCCC(NN)c1cc(C)ccn1. The highest BCUT2D eigenvalue weighted by Gasteiger charge is 2.13. The second-order valence-electron chi connectivity index (χ2n) is 4.36. The van der Waals surface area contributed by atoms with E-state index in [2.05, 4.69) is 10.4 Å². The Labute approximate surface area is 109 Å². The molecule has 1 aromatic heterocycles. The van der Waals surface area contributed by atoms with Gasteiger partial charge in [0.25, 0.3) is 0 Å². The zero-order valence-electron chi connectivity index (χ0n) is 10.9. The number of hydrogen-bond donors (Lipinski definition) is 2. The van der Waals surface area contributed by atoms with Gasteiger partial charge in [0.1, 0.15) is 9.84 Å². The summed E-state index contributed by atoms with van der Waals surface area (Å²) in [6.45, 7) is 3.65. The molecule has 6 heteroatoms. The average Bonchev–Trinajstić information content (AvgIpc) is 2.34. The van der Waals surface area contributed by atoms with Gasteiger partial charge in [-0.15, -0.1) is 0 Å². The number of sulfone groups is 1. The summed E-state index contributed by atoms with van der Waals surface area (Å²) < 4.78 is 22.8. The van der Waals surface area contributed by atoms with Crippen LogP contribution in [-0.2, 0) is 9.84 Å². The highest BCUT2D eigenvalue weighted by Crippen LogP contribution is 2.16. The molecule has 0 radical (unpaired) electrons. The lowest BCUT2D eigenvalue weighted by atomic mass is 10.1. The van der Waals surface area contributed by atoms with Crippen molar-refractivity contribution in [3.8, 4) is 0 Å². The monoisotopic (exact) mass is 271 g/mol. The smallest absolute Gasteiger partial charge is 0.150 e. The molecule has 1 aromatic rings.